The highest BCUT2D eigenvalue weighted by Crippen LogP contribution is 2.32. The second-order valence-corrected chi connectivity index (χ2v) is 5.29. The Kier molecular flexibility index (Phi) is 4.37. The number of hydrogen-bond donors (Lipinski definition) is 2. The molecular weight excluding hydrogens is 224 g/mol. The first-order valence-electron chi connectivity index (χ1n) is 6.80. The summed E-state index contributed by atoms with van der Waals surface area (Å²) in [6.45, 7) is 0. The second kappa shape index (κ2) is 6.01. The van der Waals surface area contributed by atoms with Crippen LogP contribution >= 0.6 is 0 Å². The average Bonchev–Trinajstić information content (AvgIpc) is 2.40. The molecule has 0 aromatic heterocycles. The lowest BCUT2D eigenvalue weighted by Gasteiger charge is -2.22. The minimum atomic E-state index is -0.578. The van der Waals surface area contributed by atoms with Gasteiger partial charge in [0, 0.05) is 0 Å². The molecule has 1 atom stereocenters. The van der Waals surface area contributed by atoms with Gasteiger partial charge in [-0.15, -0.1) is 0 Å². The zero-order chi connectivity index (χ0) is 13.0. The molecule has 3 nitrogen and oxygen atoms in total. The minimum absolute atomic E-state index is 0.439. The van der Waals surface area contributed by atoms with Crippen molar-refractivity contribution in [2.75, 3.05) is 0 Å². The van der Waals surface area contributed by atoms with Crippen molar-refractivity contribution in [3.8, 4) is 0 Å². The number of carbonyl (C=O) groups is 1. The van der Waals surface area contributed by atoms with E-state index in [1.54, 1.807) is 0 Å². The van der Waals surface area contributed by atoms with Crippen molar-refractivity contribution < 1.29 is 4.79 Å². The summed E-state index contributed by atoms with van der Waals surface area (Å²) in [7, 11) is 0. The van der Waals surface area contributed by atoms with Crippen LogP contribution in [0.5, 0.6) is 0 Å². The van der Waals surface area contributed by atoms with Gasteiger partial charge in [-0.2, -0.15) is 0 Å². The summed E-state index contributed by atoms with van der Waals surface area (Å²) in [6.07, 6.45) is 7.21. The number of hydrogen-bond acceptors (Lipinski definition) is 2. The van der Waals surface area contributed by atoms with Crippen LogP contribution in [0.1, 0.15) is 49.1 Å². The van der Waals surface area contributed by atoms with Crippen molar-refractivity contribution in [2.24, 2.45) is 11.5 Å². The van der Waals surface area contributed by atoms with E-state index in [-0.39, 0.29) is 0 Å². The molecule has 98 valence electrons. The quantitative estimate of drug-likeness (QED) is 0.854. The molecule has 0 bridgehead atoms. The highest BCUT2D eigenvalue weighted by Gasteiger charge is 2.15. The topological polar surface area (TPSA) is 69.1 Å². The van der Waals surface area contributed by atoms with Crippen LogP contribution in [0.15, 0.2) is 24.3 Å². The van der Waals surface area contributed by atoms with E-state index >= 15 is 0 Å². The first kappa shape index (κ1) is 13.1. The molecule has 1 aromatic rings. The van der Waals surface area contributed by atoms with Gasteiger partial charge in [-0.05, 0) is 36.3 Å². The summed E-state index contributed by atoms with van der Waals surface area (Å²) in [6, 6.07) is 7.93. The standard InChI is InChI=1S/C15H22N2O/c16-14(15(17)18)10-11-6-8-13(9-7-11)12-4-2-1-3-5-12/h6-9,12,14H,1-5,10,16H2,(H2,17,18). The Hall–Kier alpha value is -1.35. The van der Waals surface area contributed by atoms with Crippen molar-refractivity contribution in [1.29, 1.82) is 0 Å². The van der Waals surface area contributed by atoms with E-state index in [1.165, 1.54) is 37.7 Å². The van der Waals surface area contributed by atoms with E-state index in [2.05, 4.69) is 24.3 Å². The van der Waals surface area contributed by atoms with Gasteiger partial charge in [0.1, 0.15) is 0 Å². The van der Waals surface area contributed by atoms with Gasteiger partial charge in [0.05, 0.1) is 6.04 Å². The molecule has 1 aromatic carbocycles. The Bertz CT molecular complexity index is 393. The number of carbonyl (C=O) groups excluding carboxylic acids is 1. The fourth-order valence-corrected chi connectivity index (χ4v) is 2.72. The van der Waals surface area contributed by atoms with E-state index in [4.69, 9.17) is 11.5 Å². The zero-order valence-electron chi connectivity index (χ0n) is 10.8. The van der Waals surface area contributed by atoms with E-state index in [9.17, 15) is 4.79 Å². The zero-order valence-corrected chi connectivity index (χ0v) is 10.8. The largest absolute Gasteiger partial charge is 0.368 e. The summed E-state index contributed by atoms with van der Waals surface area (Å²) in [5.74, 6) is 0.281. The van der Waals surface area contributed by atoms with Gasteiger partial charge in [0.15, 0.2) is 0 Å². The molecule has 0 heterocycles. The monoisotopic (exact) mass is 246 g/mol. The fourth-order valence-electron chi connectivity index (χ4n) is 2.72. The summed E-state index contributed by atoms with van der Waals surface area (Å²) in [5, 5.41) is 0. The van der Waals surface area contributed by atoms with Crippen molar-refractivity contribution in [1.82, 2.24) is 0 Å². The van der Waals surface area contributed by atoms with E-state index in [0.717, 1.165) is 11.5 Å². The molecule has 1 aliphatic rings. The lowest BCUT2D eigenvalue weighted by atomic mass is 9.84. The van der Waals surface area contributed by atoms with Gasteiger partial charge in [0.25, 0.3) is 0 Å². The molecular formula is C15H22N2O. The third kappa shape index (κ3) is 3.33. The summed E-state index contributed by atoms with van der Waals surface area (Å²) < 4.78 is 0. The summed E-state index contributed by atoms with van der Waals surface area (Å²) >= 11 is 0. The van der Waals surface area contributed by atoms with Crippen LogP contribution in [0.3, 0.4) is 0 Å². The van der Waals surface area contributed by atoms with Crippen LogP contribution in [-0.4, -0.2) is 11.9 Å². The van der Waals surface area contributed by atoms with Crippen LogP contribution in [0.2, 0.25) is 0 Å². The third-order valence-electron chi connectivity index (χ3n) is 3.88. The number of primary amides is 1. The molecule has 4 N–H and O–H groups in total. The number of nitrogens with two attached hydrogens (primary N) is 2. The SMILES string of the molecule is NC(=O)C(N)Cc1ccc(C2CCCCC2)cc1. The number of amides is 1. The minimum Gasteiger partial charge on any atom is -0.368 e. The van der Waals surface area contributed by atoms with Crippen molar-refractivity contribution >= 4 is 5.91 Å². The molecule has 0 aliphatic heterocycles. The smallest absolute Gasteiger partial charge is 0.234 e. The van der Waals surface area contributed by atoms with E-state index < -0.39 is 11.9 Å². The number of rotatable bonds is 4. The molecule has 1 saturated carbocycles. The maximum Gasteiger partial charge on any atom is 0.234 e. The second-order valence-electron chi connectivity index (χ2n) is 5.29. The number of benzene rings is 1. The maximum atomic E-state index is 10.9. The third-order valence-corrected chi connectivity index (χ3v) is 3.88. The first-order valence-corrected chi connectivity index (χ1v) is 6.80. The van der Waals surface area contributed by atoms with Gasteiger partial charge in [-0.3, -0.25) is 4.79 Å². The van der Waals surface area contributed by atoms with Crippen molar-refractivity contribution in [3.63, 3.8) is 0 Å². The first-order chi connectivity index (χ1) is 8.66. The van der Waals surface area contributed by atoms with E-state index in [0.29, 0.717) is 6.42 Å². The van der Waals surface area contributed by atoms with Crippen LogP contribution in [0, 0.1) is 0 Å². The summed E-state index contributed by atoms with van der Waals surface area (Å²) in [4.78, 5) is 10.9. The lowest BCUT2D eigenvalue weighted by molar-refractivity contribution is -0.119. The highest BCUT2D eigenvalue weighted by molar-refractivity contribution is 5.79. The molecule has 2 rings (SSSR count). The Morgan fingerprint density at radius 2 is 1.78 bits per heavy atom. The lowest BCUT2D eigenvalue weighted by Crippen LogP contribution is -2.38. The Balaban J connectivity index is 1.98. The average molecular weight is 246 g/mol. The molecule has 1 fully saturated rings. The van der Waals surface area contributed by atoms with Crippen LogP contribution < -0.4 is 11.5 Å². The summed E-state index contributed by atoms with van der Waals surface area (Å²) in [5.41, 5.74) is 13.3. The maximum absolute atomic E-state index is 10.9. The van der Waals surface area contributed by atoms with Gasteiger partial charge in [0.2, 0.25) is 5.91 Å². The fraction of sp³-hybridized carbons (Fsp3) is 0.533. The molecule has 0 saturated heterocycles. The predicted molar refractivity (Wildman–Crippen MR) is 73.1 cm³/mol. The highest BCUT2D eigenvalue weighted by atomic mass is 16.1. The molecule has 18 heavy (non-hydrogen) atoms. The Labute approximate surface area is 109 Å². The van der Waals surface area contributed by atoms with Gasteiger partial charge in [-0.1, -0.05) is 43.5 Å². The van der Waals surface area contributed by atoms with Gasteiger partial charge < -0.3 is 11.5 Å². The van der Waals surface area contributed by atoms with Crippen LogP contribution in [0.25, 0.3) is 0 Å². The predicted octanol–water partition coefficient (Wildman–Crippen LogP) is 2.09. The molecule has 1 aliphatic carbocycles. The van der Waals surface area contributed by atoms with Crippen LogP contribution in [0.4, 0.5) is 0 Å². The van der Waals surface area contributed by atoms with E-state index in [1.807, 2.05) is 0 Å². The van der Waals surface area contributed by atoms with Gasteiger partial charge >= 0.3 is 0 Å². The molecule has 3 heteroatoms. The molecule has 1 amide bonds. The Morgan fingerprint density at radius 3 is 2.33 bits per heavy atom. The van der Waals surface area contributed by atoms with Crippen LogP contribution in [-0.2, 0) is 11.2 Å². The Morgan fingerprint density at radius 1 is 1.17 bits per heavy atom. The van der Waals surface area contributed by atoms with Crippen molar-refractivity contribution in [3.05, 3.63) is 35.4 Å². The van der Waals surface area contributed by atoms with Gasteiger partial charge in [-0.25, -0.2) is 0 Å². The molecule has 0 spiro atoms. The normalized spacial score (nSPS) is 18.5. The van der Waals surface area contributed by atoms with Crippen molar-refractivity contribution in [2.45, 2.75) is 50.5 Å². The molecule has 1 unspecified atom stereocenters. The molecule has 0 radical (unpaired) electrons.